The molecule has 0 aliphatic rings. The number of nitrogens with two attached hydrogens (primary N) is 1. The predicted octanol–water partition coefficient (Wildman–Crippen LogP) is 3.50. The van der Waals surface area contributed by atoms with Gasteiger partial charge in [-0.05, 0) is 37.5 Å². The van der Waals surface area contributed by atoms with Gasteiger partial charge in [-0.15, -0.1) is 0 Å². The molecule has 1 nitrogen and oxygen atoms in total. The van der Waals surface area contributed by atoms with Gasteiger partial charge in [0.25, 0.3) is 6.43 Å². The molecule has 1 rings (SSSR count). The zero-order valence-corrected chi connectivity index (χ0v) is 10.5. The fourth-order valence-electron chi connectivity index (χ4n) is 1.38. The van der Waals surface area contributed by atoms with E-state index in [-0.39, 0.29) is 0 Å². The Kier molecular flexibility index (Phi) is 3.51. The van der Waals surface area contributed by atoms with Crippen molar-refractivity contribution >= 4 is 15.9 Å². The van der Waals surface area contributed by atoms with E-state index in [0.29, 0.717) is 5.56 Å². The molecule has 15 heavy (non-hydrogen) atoms. The van der Waals surface area contributed by atoms with Gasteiger partial charge in [0.05, 0.1) is 5.54 Å². The molecule has 4 heteroatoms. The maximum Gasteiger partial charge on any atom is 0.260 e. The molecule has 0 amide bonds. The van der Waals surface area contributed by atoms with Crippen molar-refractivity contribution in [3.8, 4) is 0 Å². The second kappa shape index (κ2) is 4.18. The monoisotopic (exact) mass is 277 g/mol. The topological polar surface area (TPSA) is 26.0 Å². The molecule has 0 aliphatic heterocycles. The van der Waals surface area contributed by atoms with E-state index < -0.39 is 12.0 Å². The van der Waals surface area contributed by atoms with Gasteiger partial charge in [0.1, 0.15) is 0 Å². The first-order chi connectivity index (χ1) is 6.76. The summed E-state index contributed by atoms with van der Waals surface area (Å²) < 4.78 is 26.4. The fraction of sp³-hybridized carbons (Fsp3) is 0.455. The van der Waals surface area contributed by atoms with E-state index in [2.05, 4.69) is 15.9 Å². The smallest absolute Gasteiger partial charge is 0.260 e. The van der Waals surface area contributed by atoms with Gasteiger partial charge >= 0.3 is 0 Å². The molecule has 0 fully saturated rings. The van der Waals surface area contributed by atoms with Gasteiger partial charge in [0, 0.05) is 4.47 Å². The quantitative estimate of drug-likeness (QED) is 0.880. The summed E-state index contributed by atoms with van der Waals surface area (Å²) >= 11 is 3.39. The highest BCUT2D eigenvalue weighted by molar-refractivity contribution is 9.10. The maximum absolute atomic E-state index is 12.7. The van der Waals surface area contributed by atoms with Crippen LogP contribution >= 0.6 is 15.9 Å². The second-order valence-electron chi connectivity index (χ2n) is 4.01. The van der Waals surface area contributed by atoms with Gasteiger partial charge in [0.2, 0.25) is 0 Å². The van der Waals surface area contributed by atoms with Crippen molar-refractivity contribution < 1.29 is 8.78 Å². The Bertz CT molecular complexity index is 352. The van der Waals surface area contributed by atoms with Crippen molar-refractivity contribution in [1.82, 2.24) is 0 Å². The Balaban J connectivity index is 3.28. The molecule has 0 aromatic heterocycles. The summed E-state index contributed by atoms with van der Waals surface area (Å²) in [6, 6.07) is 3.40. The van der Waals surface area contributed by atoms with Crippen LogP contribution in [-0.4, -0.2) is 6.43 Å². The molecule has 0 spiro atoms. The van der Waals surface area contributed by atoms with Crippen LogP contribution < -0.4 is 5.73 Å². The highest BCUT2D eigenvalue weighted by Crippen LogP contribution is 2.30. The molecule has 0 radical (unpaired) electrons. The molecule has 1 atom stereocenters. The molecule has 0 bridgehead atoms. The van der Waals surface area contributed by atoms with Gasteiger partial charge in [0.15, 0.2) is 0 Å². The molecular formula is C11H14BrF2N. The molecule has 84 valence electrons. The fourth-order valence-corrected chi connectivity index (χ4v) is 1.61. The third-order valence-electron chi connectivity index (χ3n) is 2.51. The molecule has 1 unspecified atom stereocenters. The Morgan fingerprint density at radius 2 is 1.67 bits per heavy atom. The second-order valence-corrected chi connectivity index (χ2v) is 4.80. The summed E-state index contributed by atoms with van der Waals surface area (Å²) in [4.78, 5) is 0. The molecule has 0 aliphatic carbocycles. The van der Waals surface area contributed by atoms with E-state index >= 15 is 0 Å². The lowest BCUT2D eigenvalue weighted by Crippen LogP contribution is -2.40. The van der Waals surface area contributed by atoms with E-state index in [4.69, 9.17) is 5.73 Å². The van der Waals surface area contributed by atoms with Crippen molar-refractivity contribution in [2.24, 2.45) is 5.73 Å². The van der Waals surface area contributed by atoms with Crippen molar-refractivity contribution in [1.29, 1.82) is 0 Å². The lowest BCUT2D eigenvalue weighted by molar-refractivity contribution is 0.0625. The lowest BCUT2D eigenvalue weighted by atomic mass is 9.91. The zero-order chi connectivity index (χ0) is 11.8. The van der Waals surface area contributed by atoms with Crippen molar-refractivity contribution in [2.75, 3.05) is 0 Å². The molecular weight excluding hydrogens is 264 g/mol. The zero-order valence-electron chi connectivity index (χ0n) is 8.94. The molecule has 1 aromatic carbocycles. The van der Waals surface area contributed by atoms with Crippen LogP contribution in [0.3, 0.4) is 0 Å². The molecule has 1 aromatic rings. The third-order valence-corrected chi connectivity index (χ3v) is 3.76. The average Bonchev–Trinajstić information content (AvgIpc) is 2.13. The summed E-state index contributed by atoms with van der Waals surface area (Å²) in [5.41, 5.74) is 6.32. The molecule has 0 heterocycles. The first-order valence-corrected chi connectivity index (χ1v) is 5.40. The number of alkyl halides is 2. The molecule has 0 saturated heterocycles. The van der Waals surface area contributed by atoms with Gasteiger partial charge in [-0.1, -0.05) is 28.1 Å². The first kappa shape index (κ1) is 12.6. The largest absolute Gasteiger partial charge is 0.317 e. The minimum absolute atomic E-state index is 0.468. The number of hydrogen-bond acceptors (Lipinski definition) is 1. The summed E-state index contributed by atoms with van der Waals surface area (Å²) in [6.45, 7) is 5.07. The SMILES string of the molecule is Cc1cc(C(C)(N)C(F)F)cc(C)c1Br. The Hall–Kier alpha value is -0.480. The molecule has 0 saturated carbocycles. The van der Waals surface area contributed by atoms with E-state index in [9.17, 15) is 8.78 Å². The van der Waals surface area contributed by atoms with Gasteiger partial charge in [-0.3, -0.25) is 0 Å². The maximum atomic E-state index is 12.7. The van der Waals surface area contributed by atoms with Crippen LogP contribution in [0.2, 0.25) is 0 Å². The summed E-state index contributed by atoms with van der Waals surface area (Å²) in [6.07, 6.45) is -2.57. The van der Waals surface area contributed by atoms with Crippen LogP contribution in [0.5, 0.6) is 0 Å². The Labute approximate surface area is 96.8 Å². The van der Waals surface area contributed by atoms with Crippen LogP contribution in [0.4, 0.5) is 8.78 Å². The Morgan fingerprint density at radius 3 is 2.00 bits per heavy atom. The van der Waals surface area contributed by atoms with E-state index in [1.54, 1.807) is 12.1 Å². The van der Waals surface area contributed by atoms with Crippen LogP contribution in [0.25, 0.3) is 0 Å². The van der Waals surface area contributed by atoms with Crippen LogP contribution in [-0.2, 0) is 5.54 Å². The van der Waals surface area contributed by atoms with E-state index in [0.717, 1.165) is 15.6 Å². The lowest BCUT2D eigenvalue weighted by Gasteiger charge is -2.25. The predicted molar refractivity (Wildman–Crippen MR) is 61.2 cm³/mol. The summed E-state index contributed by atoms with van der Waals surface area (Å²) in [5, 5.41) is 0. The van der Waals surface area contributed by atoms with Crippen LogP contribution in [0, 0.1) is 13.8 Å². The van der Waals surface area contributed by atoms with Gasteiger partial charge < -0.3 is 5.73 Å². The Morgan fingerprint density at radius 1 is 1.27 bits per heavy atom. The standard InChI is InChI=1S/C11H14BrF2N/c1-6-4-8(5-7(2)9(6)12)11(3,15)10(13)14/h4-5,10H,15H2,1-3H3. The van der Waals surface area contributed by atoms with Crippen molar-refractivity contribution in [3.63, 3.8) is 0 Å². The minimum Gasteiger partial charge on any atom is -0.317 e. The normalized spacial score (nSPS) is 15.5. The summed E-state index contributed by atoms with van der Waals surface area (Å²) in [7, 11) is 0. The van der Waals surface area contributed by atoms with Gasteiger partial charge in [-0.25, -0.2) is 8.78 Å². The third kappa shape index (κ3) is 2.37. The first-order valence-electron chi connectivity index (χ1n) is 4.61. The number of halogens is 3. The average molecular weight is 278 g/mol. The number of rotatable bonds is 2. The highest BCUT2D eigenvalue weighted by atomic mass is 79.9. The number of hydrogen-bond donors (Lipinski definition) is 1. The highest BCUT2D eigenvalue weighted by Gasteiger charge is 2.32. The number of aryl methyl sites for hydroxylation is 2. The minimum atomic E-state index is -2.57. The number of benzene rings is 1. The van der Waals surface area contributed by atoms with E-state index in [1.165, 1.54) is 6.92 Å². The van der Waals surface area contributed by atoms with Crippen LogP contribution in [0.1, 0.15) is 23.6 Å². The van der Waals surface area contributed by atoms with Crippen molar-refractivity contribution in [3.05, 3.63) is 33.3 Å². The van der Waals surface area contributed by atoms with Crippen molar-refractivity contribution in [2.45, 2.75) is 32.7 Å². The van der Waals surface area contributed by atoms with Gasteiger partial charge in [-0.2, -0.15) is 0 Å². The molecule has 2 N–H and O–H groups in total. The van der Waals surface area contributed by atoms with E-state index in [1.807, 2.05) is 13.8 Å². The van der Waals surface area contributed by atoms with Crippen LogP contribution in [0.15, 0.2) is 16.6 Å². The summed E-state index contributed by atoms with van der Waals surface area (Å²) in [5.74, 6) is 0.